The molecule has 0 saturated carbocycles. The summed E-state index contributed by atoms with van der Waals surface area (Å²) in [7, 11) is 0. The Morgan fingerprint density at radius 1 is 1.07 bits per heavy atom. The highest BCUT2D eigenvalue weighted by Gasteiger charge is 2.48. The maximum absolute atomic E-state index is 13.7. The number of ketones is 1. The predicted octanol–water partition coefficient (Wildman–Crippen LogP) is 6.10. The van der Waals surface area contributed by atoms with Gasteiger partial charge >= 0.3 is 5.91 Å². The van der Waals surface area contributed by atoms with Gasteiger partial charge in [-0.05, 0) is 73.4 Å². The first-order valence-electron chi connectivity index (χ1n) is 13.2. The number of aliphatic hydroxyl groups excluding tert-OH is 1. The molecule has 1 unspecified atom stereocenters. The van der Waals surface area contributed by atoms with Gasteiger partial charge in [-0.2, -0.15) is 0 Å². The van der Waals surface area contributed by atoms with Gasteiger partial charge in [0.2, 0.25) is 0 Å². The second kappa shape index (κ2) is 10.3. The van der Waals surface area contributed by atoms with E-state index in [4.69, 9.17) is 19.2 Å². The first-order chi connectivity index (χ1) is 19.4. The number of ether oxygens (including phenoxy) is 3. The van der Waals surface area contributed by atoms with E-state index in [0.717, 1.165) is 27.8 Å². The zero-order valence-electron chi connectivity index (χ0n) is 22.4. The number of Topliss-reactive ketones (excluding diaryl/α,β-unsaturated/α-hetero) is 1. The fourth-order valence-corrected chi connectivity index (χ4v) is 6.32. The average molecular weight is 557 g/mol. The van der Waals surface area contributed by atoms with Gasteiger partial charge in [-0.1, -0.05) is 36.5 Å². The molecule has 3 heterocycles. The lowest BCUT2D eigenvalue weighted by atomic mass is 9.95. The van der Waals surface area contributed by atoms with E-state index in [0.29, 0.717) is 53.3 Å². The molecule has 0 spiro atoms. The zero-order chi connectivity index (χ0) is 28.0. The van der Waals surface area contributed by atoms with Gasteiger partial charge in [0.1, 0.15) is 24.7 Å². The van der Waals surface area contributed by atoms with Crippen LogP contribution >= 0.6 is 11.3 Å². The number of hydrogen-bond donors (Lipinski definition) is 1. The third-order valence-electron chi connectivity index (χ3n) is 6.93. The van der Waals surface area contributed by atoms with Crippen LogP contribution in [0.15, 0.2) is 60.2 Å². The Morgan fingerprint density at radius 3 is 2.67 bits per heavy atom. The third-order valence-corrected chi connectivity index (χ3v) is 7.93. The number of carbonyl (C=O) groups excluding carboxylic acids is 2. The van der Waals surface area contributed by atoms with E-state index in [1.54, 1.807) is 24.3 Å². The Morgan fingerprint density at radius 2 is 1.88 bits per heavy atom. The van der Waals surface area contributed by atoms with Crippen LogP contribution in [0.5, 0.6) is 17.2 Å². The summed E-state index contributed by atoms with van der Waals surface area (Å²) in [5, 5.41) is 12.0. The van der Waals surface area contributed by atoms with Crippen molar-refractivity contribution < 1.29 is 28.9 Å². The number of aryl methyl sites for hydroxylation is 2. The van der Waals surface area contributed by atoms with E-state index in [1.165, 1.54) is 16.2 Å². The summed E-state index contributed by atoms with van der Waals surface area (Å²) in [6, 6.07) is 15.4. The lowest BCUT2D eigenvalue weighted by Crippen LogP contribution is -2.29. The summed E-state index contributed by atoms with van der Waals surface area (Å²) in [5.74, 6) is -0.202. The van der Waals surface area contributed by atoms with Crippen molar-refractivity contribution in [3.63, 3.8) is 0 Å². The first-order valence-corrected chi connectivity index (χ1v) is 14.0. The molecule has 0 radical (unpaired) electrons. The van der Waals surface area contributed by atoms with Crippen molar-refractivity contribution in [1.82, 2.24) is 4.98 Å². The van der Waals surface area contributed by atoms with Gasteiger partial charge in [-0.15, -0.1) is 0 Å². The number of aromatic nitrogens is 1. The Labute approximate surface area is 235 Å². The summed E-state index contributed by atoms with van der Waals surface area (Å²) < 4.78 is 18.1. The predicted molar refractivity (Wildman–Crippen MR) is 154 cm³/mol. The molecule has 204 valence electrons. The number of carbonyl (C=O) groups is 2. The molecule has 8 nitrogen and oxygen atoms in total. The fraction of sp³-hybridized carbons (Fsp3) is 0.258. The van der Waals surface area contributed by atoms with Crippen LogP contribution in [-0.2, 0) is 9.59 Å². The largest absolute Gasteiger partial charge is 0.507 e. The van der Waals surface area contributed by atoms with Gasteiger partial charge in [0, 0.05) is 5.56 Å². The molecule has 1 fully saturated rings. The van der Waals surface area contributed by atoms with Crippen LogP contribution in [0.3, 0.4) is 0 Å². The van der Waals surface area contributed by atoms with Crippen LogP contribution in [0.25, 0.3) is 16.0 Å². The van der Waals surface area contributed by atoms with Gasteiger partial charge in [-0.25, -0.2) is 4.98 Å². The number of aliphatic hydroxyl groups is 1. The van der Waals surface area contributed by atoms with Crippen LogP contribution in [0.4, 0.5) is 5.13 Å². The van der Waals surface area contributed by atoms with Gasteiger partial charge < -0.3 is 19.3 Å². The van der Waals surface area contributed by atoms with Crippen molar-refractivity contribution >= 4 is 44.1 Å². The number of rotatable bonds is 6. The molecule has 3 aromatic carbocycles. The fourth-order valence-electron chi connectivity index (χ4n) is 5.15. The van der Waals surface area contributed by atoms with Gasteiger partial charge in [-0.3, -0.25) is 14.5 Å². The molecular formula is C31H28N2O6S. The number of amides is 1. The highest BCUT2D eigenvalue weighted by atomic mass is 32.1. The normalized spacial score (nSPS) is 18.0. The molecule has 40 heavy (non-hydrogen) atoms. The highest BCUT2D eigenvalue weighted by Crippen LogP contribution is 2.46. The monoisotopic (exact) mass is 556 g/mol. The van der Waals surface area contributed by atoms with Crippen LogP contribution in [0.2, 0.25) is 0 Å². The molecule has 0 bridgehead atoms. The summed E-state index contributed by atoms with van der Waals surface area (Å²) in [6.45, 7) is 7.33. The van der Waals surface area contributed by atoms with Crippen LogP contribution in [0.1, 0.15) is 41.6 Å². The molecule has 1 N–H and O–H groups in total. The topological polar surface area (TPSA) is 98.2 Å². The van der Waals surface area contributed by atoms with Gasteiger partial charge in [0.25, 0.3) is 5.78 Å². The number of nitrogens with zero attached hydrogens (tertiary/aromatic N) is 2. The molecule has 9 heteroatoms. The molecule has 1 saturated heterocycles. The number of benzene rings is 3. The van der Waals surface area contributed by atoms with Crippen molar-refractivity contribution in [2.45, 2.75) is 33.2 Å². The number of fused-ring (bicyclic) bond motifs is 2. The van der Waals surface area contributed by atoms with E-state index < -0.39 is 17.7 Å². The number of anilines is 1. The maximum atomic E-state index is 13.7. The van der Waals surface area contributed by atoms with Crippen molar-refractivity contribution in [3.05, 3.63) is 82.4 Å². The Hall–Kier alpha value is -4.37. The van der Waals surface area contributed by atoms with Crippen molar-refractivity contribution in [2.24, 2.45) is 0 Å². The van der Waals surface area contributed by atoms with Crippen molar-refractivity contribution in [1.29, 1.82) is 0 Å². The quantitative estimate of drug-likeness (QED) is 0.174. The Bertz CT molecular complexity index is 1690. The molecule has 2 aliphatic rings. The van der Waals surface area contributed by atoms with Gasteiger partial charge in [0.05, 0.1) is 28.4 Å². The second-order valence-corrected chi connectivity index (χ2v) is 10.9. The number of thiazole rings is 1. The highest BCUT2D eigenvalue weighted by molar-refractivity contribution is 7.22. The minimum absolute atomic E-state index is 0.0264. The minimum atomic E-state index is -0.916. The lowest BCUT2D eigenvalue weighted by Gasteiger charge is -2.23. The van der Waals surface area contributed by atoms with Gasteiger partial charge in [0.15, 0.2) is 16.6 Å². The summed E-state index contributed by atoms with van der Waals surface area (Å²) in [6.07, 6.45) is 0.831. The van der Waals surface area contributed by atoms with Crippen LogP contribution in [0, 0.1) is 13.8 Å². The molecular weight excluding hydrogens is 528 g/mol. The van der Waals surface area contributed by atoms with E-state index in [9.17, 15) is 14.7 Å². The molecule has 4 aromatic rings. The molecule has 0 aliphatic carbocycles. The minimum Gasteiger partial charge on any atom is -0.507 e. The third kappa shape index (κ3) is 4.46. The zero-order valence-corrected chi connectivity index (χ0v) is 23.2. The van der Waals surface area contributed by atoms with E-state index >= 15 is 0 Å². The standard InChI is InChI=1S/C31H28N2O6S/c1-4-10-37-21-7-5-6-19(15-21)27-25(28(34)20-8-9-22-23(16-20)39-12-11-38-22)29(35)30(36)33(27)31-32-26-18(3)13-17(2)14-24(26)40-31/h5-9,13-16,27,34H,4,10-12H2,1-3H3/b28-25+. The Kier molecular flexibility index (Phi) is 6.67. The first kappa shape index (κ1) is 25.9. The molecule has 1 atom stereocenters. The smallest absolute Gasteiger partial charge is 0.301 e. The average Bonchev–Trinajstić information content (AvgIpc) is 3.49. The molecule has 2 aliphatic heterocycles. The van der Waals surface area contributed by atoms with E-state index in [2.05, 4.69) is 0 Å². The summed E-state index contributed by atoms with van der Waals surface area (Å²) >= 11 is 1.34. The molecule has 1 aromatic heterocycles. The van der Waals surface area contributed by atoms with Crippen molar-refractivity contribution in [3.8, 4) is 17.2 Å². The summed E-state index contributed by atoms with van der Waals surface area (Å²) in [4.78, 5) is 33.5. The van der Waals surface area contributed by atoms with E-state index in [1.807, 2.05) is 51.1 Å². The van der Waals surface area contributed by atoms with Crippen molar-refractivity contribution in [2.75, 3.05) is 24.7 Å². The second-order valence-electron chi connectivity index (χ2n) is 9.87. The Balaban J connectivity index is 1.53. The molecule has 6 rings (SSSR count). The summed E-state index contributed by atoms with van der Waals surface area (Å²) in [5.41, 5.74) is 3.79. The SMILES string of the molecule is CCCOc1cccc(C2/C(=C(\O)c3ccc4c(c3)OCCO4)C(=O)C(=O)N2c2nc3c(C)cc(C)cc3s2)c1. The van der Waals surface area contributed by atoms with E-state index in [-0.39, 0.29) is 11.3 Å². The lowest BCUT2D eigenvalue weighted by molar-refractivity contribution is -0.132. The van der Waals surface area contributed by atoms with Crippen LogP contribution < -0.4 is 19.1 Å². The maximum Gasteiger partial charge on any atom is 0.301 e. The van der Waals surface area contributed by atoms with Crippen LogP contribution in [-0.4, -0.2) is 41.6 Å². The number of hydrogen-bond acceptors (Lipinski definition) is 8. The molecule has 1 amide bonds.